The summed E-state index contributed by atoms with van der Waals surface area (Å²) in [5.74, 6) is -1.33. The second-order valence-electron chi connectivity index (χ2n) is 7.87. The molecule has 0 unspecified atom stereocenters. The second-order valence-corrected chi connectivity index (χ2v) is 10.7. The number of nitrogens with two attached hydrogens (primary N) is 1. The van der Waals surface area contributed by atoms with Crippen LogP contribution < -0.4 is 20.5 Å². The van der Waals surface area contributed by atoms with Gasteiger partial charge in [0.2, 0.25) is 0 Å². The van der Waals surface area contributed by atoms with E-state index in [-0.39, 0.29) is 23.1 Å². The van der Waals surface area contributed by atoms with Crippen molar-refractivity contribution in [3.8, 4) is 6.07 Å². The summed E-state index contributed by atoms with van der Waals surface area (Å²) in [6, 6.07) is 16.9. The number of carbonyl (C=O) groups excluding carboxylic acids is 1. The number of rotatable bonds is 4. The molecule has 34 heavy (non-hydrogen) atoms. The highest BCUT2D eigenvalue weighted by Gasteiger charge is 2.36. The molecule has 1 aliphatic heterocycles. The number of carbonyl (C=O) groups is 1. The molecular formula is C25H19Br2N3O3S. The number of hydrogen-bond acceptors (Lipinski definition) is 6. The summed E-state index contributed by atoms with van der Waals surface area (Å²) in [6.45, 7) is 3.50. The molecule has 0 saturated heterocycles. The third-order valence-corrected chi connectivity index (χ3v) is 7.37. The van der Waals surface area contributed by atoms with Crippen molar-refractivity contribution in [3.63, 3.8) is 0 Å². The SMILES string of the molecule is CC(C)OC(=O)C1=c2sc(=Cc3ccc(Br)cc3)c(=O)n2C(N)=C(C#N)[C@@H]1c1ccc(Br)cc1. The maximum absolute atomic E-state index is 13.4. The van der Waals surface area contributed by atoms with E-state index in [1.54, 1.807) is 19.9 Å². The van der Waals surface area contributed by atoms with E-state index in [0.29, 0.717) is 14.8 Å². The fourth-order valence-electron chi connectivity index (χ4n) is 3.72. The first kappa shape index (κ1) is 24.2. The van der Waals surface area contributed by atoms with E-state index >= 15 is 0 Å². The monoisotopic (exact) mass is 599 g/mol. The molecule has 0 saturated carbocycles. The molecule has 0 bridgehead atoms. The fraction of sp³-hybridized carbons (Fsp3) is 0.160. The number of esters is 1. The molecule has 0 spiro atoms. The molecule has 0 fully saturated rings. The van der Waals surface area contributed by atoms with Gasteiger partial charge in [0.1, 0.15) is 10.5 Å². The third-order valence-electron chi connectivity index (χ3n) is 5.20. The van der Waals surface area contributed by atoms with E-state index in [1.807, 2.05) is 48.5 Å². The Balaban J connectivity index is 2.08. The molecule has 9 heteroatoms. The smallest absolute Gasteiger partial charge is 0.338 e. The Morgan fingerprint density at radius 2 is 1.74 bits per heavy atom. The molecule has 4 rings (SSSR count). The predicted molar refractivity (Wildman–Crippen MR) is 140 cm³/mol. The van der Waals surface area contributed by atoms with Gasteiger partial charge in [-0.2, -0.15) is 5.26 Å². The summed E-state index contributed by atoms with van der Waals surface area (Å²) in [5.41, 5.74) is 7.85. The van der Waals surface area contributed by atoms with Crippen LogP contribution in [0.1, 0.15) is 30.9 Å². The number of benzene rings is 2. The maximum atomic E-state index is 13.4. The van der Waals surface area contributed by atoms with Crippen LogP contribution in [-0.4, -0.2) is 16.6 Å². The highest BCUT2D eigenvalue weighted by atomic mass is 79.9. The van der Waals surface area contributed by atoms with Gasteiger partial charge in [-0.05, 0) is 55.3 Å². The minimum atomic E-state index is -0.761. The summed E-state index contributed by atoms with van der Waals surface area (Å²) in [6.07, 6.45) is 1.36. The standard InChI is InChI=1S/C25H19Br2N3O3S/c1-13(2)33-25(32)21-20(15-5-9-17(27)10-6-15)18(12-28)22(29)30-23(31)19(34-24(21)30)11-14-3-7-16(26)8-4-14/h3-11,13,20H,29H2,1-2H3/t20-/m0/s1. The van der Waals surface area contributed by atoms with Gasteiger partial charge in [-0.25, -0.2) is 4.79 Å². The average Bonchev–Trinajstić information content (AvgIpc) is 3.11. The van der Waals surface area contributed by atoms with E-state index in [0.717, 1.165) is 25.8 Å². The molecule has 1 aromatic heterocycles. The second kappa shape index (κ2) is 9.74. The van der Waals surface area contributed by atoms with Gasteiger partial charge in [-0.15, -0.1) is 11.3 Å². The van der Waals surface area contributed by atoms with Crippen molar-refractivity contribution in [1.82, 2.24) is 4.57 Å². The Morgan fingerprint density at radius 3 is 2.29 bits per heavy atom. The lowest BCUT2D eigenvalue weighted by Gasteiger charge is -2.25. The predicted octanol–water partition coefficient (Wildman–Crippen LogP) is 3.81. The van der Waals surface area contributed by atoms with Crippen molar-refractivity contribution < 1.29 is 9.53 Å². The molecule has 172 valence electrons. The molecule has 3 aromatic rings. The van der Waals surface area contributed by atoms with Gasteiger partial charge in [0.15, 0.2) is 0 Å². The normalized spacial score (nSPS) is 15.9. The van der Waals surface area contributed by atoms with Gasteiger partial charge in [0.05, 0.1) is 33.8 Å². The zero-order chi connectivity index (χ0) is 24.6. The minimum Gasteiger partial charge on any atom is -0.460 e. The number of thiazole rings is 1. The molecule has 1 aliphatic rings. The average molecular weight is 601 g/mol. The van der Waals surface area contributed by atoms with E-state index in [1.165, 1.54) is 4.57 Å². The zero-order valence-corrected chi connectivity index (χ0v) is 22.2. The van der Waals surface area contributed by atoms with E-state index in [4.69, 9.17) is 10.5 Å². The van der Waals surface area contributed by atoms with Crippen molar-refractivity contribution in [2.75, 3.05) is 0 Å². The Bertz CT molecular complexity index is 1530. The molecule has 2 N–H and O–H groups in total. The first-order chi connectivity index (χ1) is 16.2. The van der Waals surface area contributed by atoms with Crippen LogP contribution in [0.3, 0.4) is 0 Å². The number of nitriles is 1. The number of allylic oxidation sites excluding steroid dienone is 1. The fourth-order valence-corrected chi connectivity index (χ4v) is 5.42. The number of fused-ring (bicyclic) bond motifs is 1. The highest BCUT2D eigenvalue weighted by molar-refractivity contribution is 9.10. The molecular weight excluding hydrogens is 582 g/mol. The Hall–Kier alpha value is -2.93. The van der Waals surface area contributed by atoms with Crippen LogP contribution in [0, 0.1) is 11.3 Å². The van der Waals surface area contributed by atoms with Crippen LogP contribution in [0.15, 0.2) is 67.8 Å². The van der Waals surface area contributed by atoms with Gasteiger partial charge in [-0.1, -0.05) is 56.1 Å². The molecule has 0 amide bonds. The quantitative estimate of drug-likeness (QED) is 0.459. The van der Waals surface area contributed by atoms with Crippen LogP contribution in [0.25, 0.3) is 17.5 Å². The van der Waals surface area contributed by atoms with Crippen molar-refractivity contribution in [3.05, 3.63) is 93.7 Å². The van der Waals surface area contributed by atoms with Crippen molar-refractivity contribution in [2.24, 2.45) is 5.73 Å². The minimum absolute atomic E-state index is 0.0169. The summed E-state index contributed by atoms with van der Waals surface area (Å²) >= 11 is 7.97. The van der Waals surface area contributed by atoms with Gasteiger partial charge < -0.3 is 10.5 Å². The topological polar surface area (TPSA) is 98.1 Å². The van der Waals surface area contributed by atoms with E-state index in [9.17, 15) is 14.9 Å². The maximum Gasteiger partial charge on any atom is 0.338 e. The lowest BCUT2D eigenvalue weighted by molar-refractivity contribution is -0.140. The van der Waals surface area contributed by atoms with Crippen LogP contribution in [0.5, 0.6) is 0 Å². The van der Waals surface area contributed by atoms with Crippen LogP contribution in [-0.2, 0) is 9.53 Å². The number of ether oxygens (including phenoxy) is 1. The number of nitrogens with zero attached hydrogens (tertiary/aromatic N) is 2. The number of halogens is 2. The molecule has 2 heterocycles. The van der Waals surface area contributed by atoms with Gasteiger partial charge in [0, 0.05) is 8.95 Å². The Labute approximate surface area is 216 Å². The zero-order valence-electron chi connectivity index (χ0n) is 18.2. The number of hydrogen-bond donors (Lipinski definition) is 1. The molecule has 0 aliphatic carbocycles. The molecule has 1 atom stereocenters. The van der Waals surface area contributed by atoms with Gasteiger partial charge >= 0.3 is 5.97 Å². The first-order valence-electron chi connectivity index (χ1n) is 10.3. The van der Waals surface area contributed by atoms with Crippen LogP contribution >= 0.6 is 43.2 Å². The molecule has 2 aromatic carbocycles. The number of aromatic nitrogens is 1. The summed E-state index contributed by atoms with van der Waals surface area (Å²) < 4.78 is 9.33. The Kier molecular flexibility index (Phi) is 6.94. The van der Waals surface area contributed by atoms with Crippen molar-refractivity contribution in [2.45, 2.75) is 25.9 Å². The van der Waals surface area contributed by atoms with Crippen LogP contribution in [0.4, 0.5) is 0 Å². The van der Waals surface area contributed by atoms with Gasteiger partial charge in [-0.3, -0.25) is 9.36 Å². The Morgan fingerprint density at radius 1 is 1.15 bits per heavy atom. The van der Waals surface area contributed by atoms with Gasteiger partial charge in [0.25, 0.3) is 5.56 Å². The summed E-state index contributed by atoms with van der Waals surface area (Å²) in [5, 5.41) is 10.0. The van der Waals surface area contributed by atoms with Crippen molar-refractivity contribution >= 4 is 66.6 Å². The van der Waals surface area contributed by atoms with E-state index < -0.39 is 17.4 Å². The van der Waals surface area contributed by atoms with Crippen molar-refractivity contribution in [1.29, 1.82) is 5.26 Å². The summed E-state index contributed by atoms with van der Waals surface area (Å²) in [4.78, 5) is 26.7. The lowest BCUT2D eigenvalue weighted by atomic mass is 9.84. The lowest BCUT2D eigenvalue weighted by Crippen LogP contribution is -2.40. The molecule has 0 radical (unpaired) electrons. The highest BCUT2D eigenvalue weighted by Crippen LogP contribution is 2.37. The summed E-state index contributed by atoms with van der Waals surface area (Å²) in [7, 11) is 0. The first-order valence-corrected chi connectivity index (χ1v) is 12.7. The third kappa shape index (κ3) is 4.53. The molecule has 6 nitrogen and oxygen atoms in total. The van der Waals surface area contributed by atoms with Crippen LogP contribution in [0.2, 0.25) is 0 Å². The largest absolute Gasteiger partial charge is 0.460 e. The van der Waals surface area contributed by atoms with E-state index in [2.05, 4.69) is 37.9 Å².